The number of nitrogen functional groups attached to an aromatic ring is 1. The molecule has 1 aromatic heterocycles. The van der Waals surface area contributed by atoms with Crippen LogP contribution in [-0.2, 0) is 5.54 Å². The highest BCUT2D eigenvalue weighted by Gasteiger charge is 2.33. The number of rotatable bonds is 2. The molecule has 1 aromatic carbocycles. The van der Waals surface area contributed by atoms with E-state index in [4.69, 9.17) is 5.73 Å². The number of benzene rings is 1. The third-order valence-electron chi connectivity index (χ3n) is 4.24. The van der Waals surface area contributed by atoms with Gasteiger partial charge in [-0.2, -0.15) is 0 Å². The molecule has 0 aliphatic heterocycles. The maximum absolute atomic E-state index is 14.1. The highest BCUT2D eigenvalue weighted by atomic mass is 19.1. The third-order valence-corrected chi connectivity index (χ3v) is 4.24. The van der Waals surface area contributed by atoms with Gasteiger partial charge in [0, 0.05) is 6.07 Å². The quantitative estimate of drug-likeness (QED) is 0.864. The summed E-state index contributed by atoms with van der Waals surface area (Å²) in [6, 6.07) is 2.02. The molecule has 0 amide bonds. The van der Waals surface area contributed by atoms with Crippen molar-refractivity contribution in [2.24, 2.45) is 0 Å². The van der Waals surface area contributed by atoms with E-state index in [0.29, 0.717) is 5.82 Å². The maximum Gasteiger partial charge on any atom is 0.185 e. The van der Waals surface area contributed by atoms with Crippen molar-refractivity contribution < 1.29 is 8.78 Å². The molecule has 0 saturated heterocycles. The average Bonchev–Trinajstić information content (AvgIpc) is 2.93. The molecule has 1 saturated carbocycles. The second-order valence-corrected chi connectivity index (χ2v) is 5.83. The lowest BCUT2D eigenvalue weighted by Crippen LogP contribution is -2.34. The lowest BCUT2D eigenvalue weighted by Gasteiger charge is -2.34. The number of nitrogens with zero attached hydrogens (tertiary/aromatic N) is 4. The van der Waals surface area contributed by atoms with Gasteiger partial charge >= 0.3 is 0 Å². The van der Waals surface area contributed by atoms with Gasteiger partial charge in [-0.05, 0) is 36.3 Å². The Morgan fingerprint density at radius 2 is 1.86 bits per heavy atom. The van der Waals surface area contributed by atoms with E-state index in [9.17, 15) is 8.78 Å². The van der Waals surface area contributed by atoms with Crippen molar-refractivity contribution in [1.29, 1.82) is 0 Å². The lowest BCUT2D eigenvalue weighted by molar-refractivity contribution is 0.196. The molecule has 3 rings (SSSR count). The molecule has 1 heterocycles. The van der Waals surface area contributed by atoms with E-state index < -0.39 is 11.6 Å². The third kappa shape index (κ3) is 2.36. The second kappa shape index (κ2) is 5.05. The van der Waals surface area contributed by atoms with E-state index in [-0.39, 0.29) is 16.8 Å². The van der Waals surface area contributed by atoms with Crippen LogP contribution in [0.3, 0.4) is 0 Å². The normalized spacial score (nSPS) is 17.9. The summed E-state index contributed by atoms with van der Waals surface area (Å²) in [6.45, 7) is 2.07. The minimum atomic E-state index is -0.779. The molecule has 5 nitrogen and oxygen atoms in total. The molecule has 21 heavy (non-hydrogen) atoms. The van der Waals surface area contributed by atoms with Crippen molar-refractivity contribution in [1.82, 2.24) is 20.2 Å². The van der Waals surface area contributed by atoms with E-state index in [0.717, 1.165) is 31.7 Å². The summed E-state index contributed by atoms with van der Waals surface area (Å²) in [5, 5.41) is 11.6. The summed E-state index contributed by atoms with van der Waals surface area (Å²) in [7, 11) is 0. The summed E-state index contributed by atoms with van der Waals surface area (Å²) >= 11 is 0. The van der Waals surface area contributed by atoms with Gasteiger partial charge in [0.1, 0.15) is 11.6 Å². The smallest absolute Gasteiger partial charge is 0.185 e. The number of hydrogen-bond donors (Lipinski definition) is 1. The molecule has 0 spiro atoms. The van der Waals surface area contributed by atoms with Crippen molar-refractivity contribution >= 4 is 5.69 Å². The van der Waals surface area contributed by atoms with E-state index in [1.807, 2.05) is 0 Å². The van der Waals surface area contributed by atoms with Crippen molar-refractivity contribution in [3.05, 3.63) is 23.8 Å². The van der Waals surface area contributed by atoms with Gasteiger partial charge in [0.2, 0.25) is 0 Å². The van der Waals surface area contributed by atoms with E-state index in [1.165, 1.54) is 12.5 Å². The Morgan fingerprint density at radius 1 is 1.14 bits per heavy atom. The first-order chi connectivity index (χ1) is 10.0. The Labute approximate surface area is 121 Å². The van der Waals surface area contributed by atoms with Crippen LogP contribution in [0, 0.1) is 11.6 Å². The Bertz CT molecular complexity index is 661. The number of halogens is 2. The average molecular weight is 293 g/mol. The minimum Gasteiger partial charge on any atom is -0.396 e. The van der Waals surface area contributed by atoms with Crippen molar-refractivity contribution in [3.63, 3.8) is 0 Å². The molecule has 112 valence electrons. The highest BCUT2D eigenvalue weighted by molar-refractivity contribution is 5.62. The van der Waals surface area contributed by atoms with Crippen LogP contribution in [0.4, 0.5) is 14.5 Å². The first kappa shape index (κ1) is 13.9. The van der Waals surface area contributed by atoms with Crippen LogP contribution in [0.1, 0.15) is 39.0 Å². The molecule has 0 radical (unpaired) electrons. The first-order valence-electron chi connectivity index (χ1n) is 7.05. The fraction of sp³-hybridized carbons (Fsp3) is 0.500. The molecule has 1 aliphatic carbocycles. The fourth-order valence-electron chi connectivity index (χ4n) is 2.98. The van der Waals surface area contributed by atoms with Gasteiger partial charge in [0.05, 0.1) is 16.8 Å². The molecule has 0 bridgehead atoms. The summed E-state index contributed by atoms with van der Waals surface area (Å²) in [5.41, 5.74) is 5.31. The SMILES string of the molecule is CC1(n2nnnc2-c2cc(N)c(F)cc2F)CCCCC1. The van der Waals surface area contributed by atoms with Gasteiger partial charge in [-0.25, -0.2) is 13.5 Å². The first-order valence-corrected chi connectivity index (χ1v) is 7.05. The van der Waals surface area contributed by atoms with Gasteiger partial charge < -0.3 is 5.73 Å². The molecule has 2 aromatic rings. The van der Waals surface area contributed by atoms with Crippen molar-refractivity contribution in [2.75, 3.05) is 5.73 Å². The van der Waals surface area contributed by atoms with Crippen molar-refractivity contribution in [2.45, 2.75) is 44.6 Å². The largest absolute Gasteiger partial charge is 0.396 e. The number of nitrogens with two attached hydrogens (primary N) is 1. The number of aromatic nitrogens is 4. The predicted molar refractivity (Wildman–Crippen MR) is 74.3 cm³/mol. The van der Waals surface area contributed by atoms with E-state index in [1.54, 1.807) is 4.68 Å². The monoisotopic (exact) mass is 293 g/mol. The summed E-state index contributed by atoms with van der Waals surface area (Å²) < 4.78 is 29.0. The van der Waals surface area contributed by atoms with E-state index >= 15 is 0 Å². The molecular formula is C14H17F2N5. The Morgan fingerprint density at radius 3 is 2.57 bits per heavy atom. The van der Waals surface area contributed by atoms with Crippen LogP contribution in [0.15, 0.2) is 12.1 Å². The molecule has 1 aliphatic rings. The Balaban J connectivity index is 2.09. The standard InChI is InChI=1S/C14H17F2N5/c1-14(5-3-2-4-6-14)21-13(18-19-20-21)9-7-12(17)11(16)8-10(9)15/h7-8H,2-6,17H2,1H3. The van der Waals surface area contributed by atoms with Crippen LogP contribution in [0.2, 0.25) is 0 Å². The number of tetrazole rings is 1. The maximum atomic E-state index is 14.1. The Hall–Kier alpha value is -2.05. The summed E-state index contributed by atoms with van der Waals surface area (Å²) in [5.74, 6) is -1.19. The molecule has 7 heteroatoms. The zero-order valence-electron chi connectivity index (χ0n) is 11.8. The highest BCUT2D eigenvalue weighted by Crippen LogP contribution is 2.37. The molecule has 0 atom stereocenters. The van der Waals surface area contributed by atoms with Crippen LogP contribution in [0.25, 0.3) is 11.4 Å². The van der Waals surface area contributed by atoms with Gasteiger partial charge in [-0.1, -0.05) is 19.3 Å². The predicted octanol–water partition coefficient (Wildman–Crippen LogP) is 2.88. The van der Waals surface area contributed by atoms with Crippen LogP contribution in [0.5, 0.6) is 0 Å². The molecule has 0 unspecified atom stereocenters. The van der Waals surface area contributed by atoms with Crippen LogP contribution >= 0.6 is 0 Å². The summed E-state index contributed by atoms with van der Waals surface area (Å²) in [4.78, 5) is 0. The van der Waals surface area contributed by atoms with Gasteiger partial charge in [-0.15, -0.1) is 5.10 Å². The minimum absolute atomic E-state index is 0.116. The van der Waals surface area contributed by atoms with Gasteiger partial charge in [0.15, 0.2) is 5.82 Å². The number of hydrogen-bond acceptors (Lipinski definition) is 4. The topological polar surface area (TPSA) is 69.6 Å². The van der Waals surface area contributed by atoms with E-state index in [2.05, 4.69) is 22.4 Å². The molecule has 2 N–H and O–H groups in total. The zero-order chi connectivity index (χ0) is 15.0. The fourth-order valence-corrected chi connectivity index (χ4v) is 2.98. The van der Waals surface area contributed by atoms with Crippen molar-refractivity contribution in [3.8, 4) is 11.4 Å². The van der Waals surface area contributed by atoms with Crippen LogP contribution in [-0.4, -0.2) is 20.2 Å². The zero-order valence-corrected chi connectivity index (χ0v) is 11.8. The summed E-state index contributed by atoms with van der Waals surface area (Å²) in [6.07, 6.45) is 5.23. The van der Waals surface area contributed by atoms with Gasteiger partial charge in [0.25, 0.3) is 0 Å². The van der Waals surface area contributed by atoms with Gasteiger partial charge in [-0.3, -0.25) is 0 Å². The Kier molecular flexibility index (Phi) is 3.35. The second-order valence-electron chi connectivity index (χ2n) is 5.83. The van der Waals surface area contributed by atoms with Crippen LogP contribution < -0.4 is 5.73 Å². The molecule has 1 fully saturated rings. The number of anilines is 1. The lowest BCUT2D eigenvalue weighted by atomic mass is 9.83. The molecular weight excluding hydrogens is 276 g/mol.